The molecule has 0 saturated heterocycles. The first-order valence-electron chi connectivity index (χ1n) is 17.0. The van der Waals surface area contributed by atoms with E-state index in [1.165, 1.54) is 56.9 Å². The van der Waals surface area contributed by atoms with Crippen molar-refractivity contribution >= 4 is 12.1 Å². The molecule has 0 spiro atoms. The lowest BCUT2D eigenvalue weighted by atomic mass is 9.44. The number of fused-ring (bicyclic) bond motifs is 6. The van der Waals surface area contributed by atoms with Crippen LogP contribution in [0.4, 0.5) is 4.79 Å². The summed E-state index contributed by atoms with van der Waals surface area (Å²) in [5, 5.41) is 11.4. The van der Waals surface area contributed by atoms with Crippen molar-refractivity contribution < 1.29 is 24.2 Å². The third-order valence-corrected chi connectivity index (χ3v) is 13.1. The van der Waals surface area contributed by atoms with E-state index in [0.717, 1.165) is 37.7 Å². The van der Waals surface area contributed by atoms with Crippen LogP contribution >= 0.6 is 0 Å². The molecule has 4 fully saturated rings. The average molecular weight is 590 g/mol. The Morgan fingerprint density at radius 1 is 1.02 bits per heavy atom. The van der Waals surface area contributed by atoms with E-state index in [1.54, 1.807) is 4.90 Å². The van der Waals surface area contributed by atoms with Gasteiger partial charge in [-0.2, -0.15) is 0 Å². The number of hydrogen-bond acceptors (Lipinski definition) is 5. The maximum atomic E-state index is 12.9. The number of aliphatic hydroxyl groups is 1. The van der Waals surface area contributed by atoms with Gasteiger partial charge in [0.25, 0.3) is 0 Å². The predicted octanol–water partition coefficient (Wildman–Crippen LogP) is 7.44. The van der Waals surface area contributed by atoms with Crippen LogP contribution in [-0.2, 0) is 20.7 Å². The van der Waals surface area contributed by atoms with Gasteiger partial charge in [-0.15, -0.1) is 6.42 Å². The van der Waals surface area contributed by atoms with E-state index in [2.05, 4.69) is 25.8 Å². The van der Waals surface area contributed by atoms with Gasteiger partial charge in [0, 0.05) is 6.42 Å². The number of carbonyl (C=O) groups excluding carboxylic acids is 2. The first kappa shape index (κ1) is 30.5. The zero-order valence-corrected chi connectivity index (χ0v) is 26.3. The fourth-order valence-corrected chi connectivity index (χ4v) is 10.9. The van der Waals surface area contributed by atoms with Crippen LogP contribution in [0, 0.1) is 52.8 Å². The third-order valence-electron chi connectivity index (χ3n) is 13.1. The van der Waals surface area contributed by atoms with Gasteiger partial charge in [0.15, 0.2) is 0 Å². The molecule has 6 nitrogen and oxygen atoms in total. The first-order valence-corrected chi connectivity index (χ1v) is 17.0. The monoisotopic (exact) mass is 589 g/mol. The van der Waals surface area contributed by atoms with Crippen molar-refractivity contribution in [3.05, 3.63) is 35.4 Å². The molecule has 9 atom stereocenters. The van der Waals surface area contributed by atoms with Gasteiger partial charge in [0.05, 0.1) is 18.7 Å². The summed E-state index contributed by atoms with van der Waals surface area (Å²) in [6, 6.07) is 7.97. The molecule has 9 unspecified atom stereocenters. The zero-order valence-electron chi connectivity index (χ0n) is 26.3. The Kier molecular flexibility index (Phi) is 8.84. The molecule has 0 aliphatic heterocycles. The number of carbonyl (C=O) groups is 2. The SMILES string of the molecule is C#CCN(C(=O)OCOC(=O)CCCC1CCC2C3C(O)CC4CCCCC4(C)C3CCC12C)C1CCc2ccccc21. The number of rotatable bonds is 8. The summed E-state index contributed by atoms with van der Waals surface area (Å²) >= 11 is 0. The van der Waals surface area contributed by atoms with Crippen LogP contribution in [0.2, 0.25) is 0 Å². The first-order chi connectivity index (χ1) is 20.8. The molecule has 1 N–H and O–H groups in total. The highest BCUT2D eigenvalue weighted by Gasteiger charge is 2.61. The minimum absolute atomic E-state index is 0.121. The van der Waals surface area contributed by atoms with Crippen LogP contribution in [0.1, 0.15) is 114 Å². The van der Waals surface area contributed by atoms with Crippen molar-refractivity contribution in [2.75, 3.05) is 13.3 Å². The van der Waals surface area contributed by atoms with Crippen LogP contribution in [0.5, 0.6) is 0 Å². The van der Waals surface area contributed by atoms with Crippen molar-refractivity contribution in [2.24, 2.45) is 40.4 Å². The van der Waals surface area contributed by atoms with E-state index in [1.807, 2.05) is 18.2 Å². The lowest BCUT2D eigenvalue weighted by Gasteiger charge is -2.62. The highest BCUT2D eigenvalue weighted by Crippen LogP contribution is 2.67. The molecule has 0 aromatic heterocycles. The molecule has 1 amide bonds. The van der Waals surface area contributed by atoms with E-state index in [-0.39, 0.29) is 30.1 Å². The highest BCUT2D eigenvalue weighted by atomic mass is 16.7. The maximum absolute atomic E-state index is 12.9. The minimum Gasteiger partial charge on any atom is -0.428 e. The molecule has 43 heavy (non-hydrogen) atoms. The van der Waals surface area contributed by atoms with E-state index < -0.39 is 12.9 Å². The second-order valence-electron chi connectivity index (χ2n) is 14.9. The van der Waals surface area contributed by atoms with Gasteiger partial charge in [-0.1, -0.05) is 56.9 Å². The Bertz CT molecular complexity index is 1220. The van der Waals surface area contributed by atoms with Crippen LogP contribution in [0.15, 0.2) is 24.3 Å². The van der Waals surface area contributed by atoms with Crippen LogP contribution in [0.3, 0.4) is 0 Å². The highest BCUT2D eigenvalue weighted by molar-refractivity contribution is 5.71. The molecule has 6 rings (SSSR count). The molecular weight excluding hydrogens is 538 g/mol. The number of terminal acetylenes is 1. The van der Waals surface area contributed by atoms with Crippen molar-refractivity contribution in [1.82, 2.24) is 4.90 Å². The second kappa shape index (κ2) is 12.5. The summed E-state index contributed by atoms with van der Waals surface area (Å²) in [5.41, 5.74) is 2.99. The molecule has 0 bridgehead atoms. The summed E-state index contributed by atoms with van der Waals surface area (Å²) in [7, 11) is 0. The number of aliphatic hydroxyl groups excluding tert-OH is 1. The second-order valence-corrected chi connectivity index (χ2v) is 14.9. The zero-order chi connectivity index (χ0) is 30.2. The summed E-state index contributed by atoms with van der Waals surface area (Å²) in [4.78, 5) is 27.0. The van der Waals surface area contributed by atoms with Gasteiger partial charge in [-0.05, 0) is 122 Å². The summed E-state index contributed by atoms with van der Waals surface area (Å²) < 4.78 is 10.7. The Morgan fingerprint density at radius 3 is 2.67 bits per heavy atom. The molecule has 4 saturated carbocycles. The van der Waals surface area contributed by atoms with Gasteiger partial charge in [-0.3, -0.25) is 9.69 Å². The number of esters is 1. The van der Waals surface area contributed by atoms with Gasteiger partial charge in [0.1, 0.15) is 0 Å². The van der Waals surface area contributed by atoms with Crippen molar-refractivity contribution in [1.29, 1.82) is 0 Å². The Hall–Kier alpha value is -2.52. The predicted molar refractivity (Wildman–Crippen MR) is 166 cm³/mol. The number of nitrogens with zero attached hydrogens (tertiary/aromatic N) is 1. The summed E-state index contributed by atoms with van der Waals surface area (Å²) in [6.07, 6.45) is 19.9. The molecule has 1 aromatic rings. The normalized spacial score (nSPS) is 37.7. The molecule has 6 heteroatoms. The average Bonchev–Trinajstić information content (AvgIpc) is 3.57. The number of hydrogen-bond donors (Lipinski definition) is 1. The van der Waals surface area contributed by atoms with Gasteiger partial charge < -0.3 is 14.6 Å². The Balaban J connectivity index is 0.967. The smallest absolute Gasteiger partial charge is 0.413 e. The Morgan fingerprint density at radius 2 is 1.84 bits per heavy atom. The van der Waals surface area contributed by atoms with Crippen LogP contribution < -0.4 is 0 Å². The molecule has 5 aliphatic rings. The maximum Gasteiger partial charge on any atom is 0.413 e. The molecule has 0 radical (unpaired) electrons. The number of benzene rings is 1. The van der Waals surface area contributed by atoms with Gasteiger partial charge in [0.2, 0.25) is 6.79 Å². The van der Waals surface area contributed by atoms with E-state index in [0.29, 0.717) is 41.4 Å². The van der Waals surface area contributed by atoms with Crippen molar-refractivity contribution in [3.63, 3.8) is 0 Å². The largest absolute Gasteiger partial charge is 0.428 e. The van der Waals surface area contributed by atoms with E-state index in [4.69, 9.17) is 15.9 Å². The quantitative estimate of drug-likeness (QED) is 0.194. The van der Waals surface area contributed by atoms with E-state index >= 15 is 0 Å². The molecule has 234 valence electrons. The van der Waals surface area contributed by atoms with Crippen LogP contribution in [-0.4, -0.2) is 41.5 Å². The number of ether oxygens (including phenoxy) is 2. The fraction of sp³-hybridized carbons (Fsp3) is 0.730. The number of amides is 1. The standard InChI is InChI=1S/C37H51NO5/c1-4-22-38(31-18-15-25-10-5-6-13-28(25)31)35(41)43-24-42-33(40)14-9-12-26-16-17-29-34-30(19-21-37(26,29)3)36(2)20-8-7-11-27(36)23-32(34)39/h1,5-6,10,13,26-27,29-32,34,39H,7-9,11-12,14-24H2,2-3H3. The van der Waals surface area contributed by atoms with Crippen LogP contribution in [0.25, 0.3) is 0 Å². The van der Waals surface area contributed by atoms with E-state index in [9.17, 15) is 14.7 Å². The van der Waals surface area contributed by atoms with Crippen molar-refractivity contribution in [3.8, 4) is 12.3 Å². The lowest BCUT2D eigenvalue weighted by Crippen LogP contribution is -2.57. The fourth-order valence-electron chi connectivity index (χ4n) is 10.9. The summed E-state index contributed by atoms with van der Waals surface area (Å²) in [6.45, 7) is 4.79. The molecule has 5 aliphatic carbocycles. The number of aryl methyl sites for hydroxylation is 1. The topological polar surface area (TPSA) is 76.1 Å². The third kappa shape index (κ3) is 5.60. The van der Waals surface area contributed by atoms with Crippen molar-refractivity contribution in [2.45, 2.75) is 116 Å². The van der Waals surface area contributed by atoms with Gasteiger partial charge >= 0.3 is 12.1 Å². The molecule has 0 heterocycles. The van der Waals surface area contributed by atoms with Gasteiger partial charge in [-0.25, -0.2) is 4.79 Å². The lowest BCUT2D eigenvalue weighted by molar-refractivity contribution is -0.163. The molecular formula is C37H51NO5. The minimum atomic E-state index is -0.550. The Labute approximate surface area is 258 Å². The molecule has 1 aromatic carbocycles. The summed E-state index contributed by atoms with van der Waals surface area (Å²) in [5.74, 6) is 5.22.